The third-order valence-corrected chi connectivity index (χ3v) is 5.31. The first-order chi connectivity index (χ1) is 13.9. The van der Waals surface area contributed by atoms with Crippen molar-refractivity contribution in [1.82, 2.24) is 5.32 Å². The number of carbonyl (C=O) groups is 3. The fourth-order valence-corrected chi connectivity index (χ4v) is 3.06. The molecule has 0 aromatic heterocycles. The third-order valence-electron chi connectivity index (χ3n) is 3.81. The van der Waals surface area contributed by atoms with Crippen molar-refractivity contribution in [2.24, 2.45) is 5.73 Å². The molecule has 0 bridgehead atoms. The number of sulfone groups is 1. The number of alkyl halides is 3. The van der Waals surface area contributed by atoms with Crippen molar-refractivity contribution in [3.63, 3.8) is 0 Å². The van der Waals surface area contributed by atoms with Crippen molar-refractivity contribution in [3.8, 4) is 0 Å². The summed E-state index contributed by atoms with van der Waals surface area (Å²) in [6.45, 7) is -0.00834. The van der Waals surface area contributed by atoms with E-state index in [0.717, 1.165) is 12.1 Å². The van der Waals surface area contributed by atoms with Crippen LogP contribution in [0.3, 0.4) is 0 Å². The second-order valence-corrected chi connectivity index (χ2v) is 7.89. The van der Waals surface area contributed by atoms with Crippen LogP contribution in [0, 0.1) is 0 Å². The van der Waals surface area contributed by atoms with Crippen LogP contribution in [0.1, 0.15) is 27.1 Å². The molecule has 30 heavy (non-hydrogen) atoms. The van der Waals surface area contributed by atoms with E-state index in [4.69, 9.17) is 5.73 Å². The summed E-state index contributed by atoms with van der Waals surface area (Å²) < 4.78 is 60.5. The van der Waals surface area contributed by atoms with E-state index in [9.17, 15) is 36.0 Å². The van der Waals surface area contributed by atoms with E-state index in [-0.39, 0.29) is 29.8 Å². The highest BCUT2D eigenvalue weighted by Crippen LogP contribution is 2.30. The van der Waals surface area contributed by atoms with Crippen LogP contribution >= 0.6 is 0 Å². The van der Waals surface area contributed by atoms with E-state index in [1.165, 1.54) is 24.3 Å². The fourth-order valence-electron chi connectivity index (χ4n) is 2.30. The van der Waals surface area contributed by atoms with Gasteiger partial charge < -0.3 is 16.4 Å². The number of nitrogens with one attached hydrogen (secondary N) is 2. The molecule has 3 amide bonds. The van der Waals surface area contributed by atoms with E-state index in [1.807, 2.05) is 0 Å². The molecular formula is C18H16F3N3O5S. The molecule has 0 aliphatic rings. The summed E-state index contributed by atoms with van der Waals surface area (Å²) >= 11 is 0. The summed E-state index contributed by atoms with van der Waals surface area (Å²) in [6.07, 6.45) is -0.0759. The smallest absolute Gasteiger partial charge is 0.370 e. The van der Waals surface area contributed by atoms with E-state index < -0.39 is 38.0 Å². The number of anilines is 1. The molecule has 160 valence electrons. The highest BCUT2D eigenvalue weighted by molar-refractivity contribution is 7.92. The minimum Gasteiger partial charge on any atom is -0.370 e. The van der Waals surface area contributed by atoms with Gasteiger partial charge in [0.15, 0.2) is 0 Å². The highest BCUT2D eigenvalue weighted by Gasteiger charge is 2.46. The maximum Gasteiger partial charge on any atom is 0.501 e. The Balaban J connectivity index is 2.17. The van der Waals surface area contributed by atoms with Crippen LogP contribution in [0.15, 0.2) is 53.4 Å². The minimum absolute atomic E-state index is 0.00834. The quantitative estimate of drug-likeness (QED) is 0.600. The number of hydrogen-bond acceptors (Lipinski definition) is 5. The van der Waals surface area contributed by atoms with Crippen molar-refractivity contribution in [3.05, 3.63) is 59.7 Å². The third kappa shape index (κ3) is 5.35. The Morgan fingerprint density at radius 3 is 2.10 bits per heavy atom. The average Bonchev–Trinajstić information content (AvgIpc) is 2.67. The molecule has 2 aromatic carbocycles. The second kappa shape index (κ2) is 8.95. The number of primary amides is 1. The molecule has 4 N–H and O–H groups in total. The molecule has 0 saturated heterocycles. The SMILES string of the molecule is NC(=O)CCNC(=O)c1ccccc1NC(=O)c1ccc(S(=O)(=O)C(F)(F)F)cc1. The van der Waals surface area contributed by atoms with Gasteiger partial charge in [-0.05, 0) is 36.4 Å². The van der Waals surface area contributed by atoms with Gasteiger partial charge in [0.05, 0.1) is 16.1 Å². The van der Waals surface area contributed by atoms with Gasteiger partial charge >= 0.3 is 5.51 Å². The highest BCUT2D eigenvalue weighted by atomic mass is 32.2. The molecule has 0 atom stereocenters. The average molecular weight is 443 g/mol. The molecule has 0 spiro atoms. The Morgan fingerprint density at radius 2 is 1.53 bits per heavy atom. The van der Waals surface area contributed by atoms with Crippen molar-refractivity contribution in [1.29, 1.82) is 0 Å². The number of rotatable bonds is 7. The summed E-state index contributed by atoms with van der Waals surface area (Å²) in [6, 6.07) is 9.08. The maximum absolute atomic E-state index is 12.6. The zero-order chi connectivity index (χ0) is 22.5. The van der Waals surface area contributed by atoms with Crippen LogP contribution in [-0.4, -0.2) is 38.2 Å². The van der Waals surface area contributed by atoms with Gasteiger partial charge in [-0.25, -0.2) is 8.42 Å². The molecule has 0 saturated carbocycles. The van der Waals surface area contributed by atoms with Gasteiger partial charge in [0.25, 0.3) is 21.7 Å². The van der Waals surface area contributed by atoms with E-state index >= 15 is 0 Å². The van der Waals surface area contributed by atoms with Gasteiger partial charge in [0, 0.05) is 18.5 Å². The predicted molar refractivity (Wildman–Crippen MR) is 100 cm³/mol. The largest absolute Gasteiger partial charge is 0.501 e. The first-order valence-electron chi connectivity index (χ1n) is 8.32. The molecular weight excluding hydrogens is 427 g/mol. The van der Waals surface area contributed by atoms with E-state index in [2.05, 4.69) is 10.6 Å². The second-order valence-electron chi connectivity index (χ2n) is 5.95. The lowest BCUT2D eigenvalue weighted by Gasteiger charge is -2.12. The first-order valence-corrected chi connectivity index (χ1v) is 9.80. The zero-order valence-corrected chi connectivity index (χ0v) is 16.0. The van der Waals surface area contributed by atoms with Gasteiger partial charge in [0.1, 0.15) is 0 Å². The summed E-state index contributed by atoms with van der Waals surface area (Å²) in [7, 11) is -5.53. The molecule has 2 rings (SSSR count). The lowest BCUT2D eigenvalue weighted by Crippen LogP contribution is -2.28. The molecule has 12 heteroatoms. The molecule has 2 aromatic rings. The maximum atomic E-state index is 12.6. The van der Waals surface area contributed by atoms with Gasteiger partial charge in [-0.2, -0.15) is 13.2 Å². The molecule has 0 unspecified atom stereocenters. The fraction of sp³-hybridized carbons (Fsp3) is 0.167. The topological polar surface area (TPSA) is 135 Å². The Hall–Kier alpha value is -3.41. The number of halogens is 3. The van der Waals surface area contributed by atoms with Gasteiger partial charge in [0.2, 0.25) is 5.91 Å². The predicted octanol–water partition coefficient (Wildman–Crippen LogP) is 1.84. The van der Waals surface area contributed by atoms with Crippen LogP contribution in [0.5, 0.6) is 0 Å². The molecule has 0 aliphatic heterocycles. The van der Waals surface area contributed by atoms with Crippen molar-refractivity contribution >= 4 is 33.2 Å². The summed E-state index contributed by atoms with van der Waals surface area (Å²) in [5.41, 5.74) is -0.416. The van der Waals surface area contributed by atoms with Gasteiger partial charge in [-0.15, -0.1) is 0 Å². The molecule has 0 heterocycles. The summed E-state index contributed by atoms with van der Waals surface area (Å²) in [5, 5.41) is 4.89. The number of amides is 3. The monoisotopic (exact) mass is 443 g/mol. The van der Waals surface area contributed by atoms with Crippen molar-refractivity contribution < 1.29 is 36.0 Å². The summed E-state index contributed by atoms with van der Waals surface area (Å²) in [4.78, 5) is 34.3. The van der Waals surface area contributed by atoms with Crippen molar-refractivity contribution in [2.45, 2.75) is 16.8 Å². The molecule has 0 radical (unpaired) electrons. The number of nitrogens with two attached hydrogens (primary N) is 1. The Kier molecular flexibility index (Phi) is 6.82. The van der Waals surface area contributed by atoms with Gasteiger partial charge in [-0.1, -0.05) is 12.1 Å². The molecule has 0 aliphatic carbocycles. The van der Waals surface area contributed by atoms with Crippen LogP contribution in [0.4, 0.5) is 18.9 Å². The number of carbonyl (C=O) groups excluding carboxylic acids is 3. The lowest BCUT2D eigenvalue weighted by molar-refractivity contribution is -0.117. The minimum atomic E-state index is -5.53. The Bertz CT molecular complexity index is 1070. The van der Waals surface area contributed by atoms with Gasteiger partial charge in [-0.3, -0.25) is 14.4 Å². The van der Waals surface area contributed by atoms with Crippen LogP contribution in [0.25, 0.3) is 0 Å². The Labute approximate surface area is 169 Å². The Morgan fingerprint density at radius 1 is 0.933 bits per heavy atom. The number of para-hydroxylation sites is 1. The van der Waals surface area contributed by atoms with E-state index in [1.54, 1.807) is 0 Å². The standard InChI is InChI=1S/C18H16F3N3O5S/c19-18(20,21)30(28,29)12-7-5-11(6-8-12)16(26)24-14-4-2-1-3-13(14)17(27)23-10-9-15(22)25/h1-8H,9-10H2,(H2,22,25)(H,23,27)(H,24,26). The lowest BCUT2D eigenvalue weighted by atomic mass is 10.1. The number of benzene rings is 2. The zero-order valence-electron chi connectivity index (χ0n) is 15.2. The van der Waals surface area contributed by atoms with Crippen LogP contribution in [-0.2, 0) is 14.6 Å². The summed E-state index contributed by atoms with van der Waals surface area (Å²) in [5.74, 6) is -1.96. The van der Waals surface area contributed by atoms with E-state index in [0.29, 0.717) is 12.1 Å². The van der Waals surface area contributed by atoms with Crippen LogP contribution < -0.4 is 16.4 Å². The molecule has 0 fully saturated rings. The molecule has 8 nitrogen and oxygen atoms in total. The first kappa shape index (κ1) is 22.9. The normalized spacial score (nSPS) is 11.6. The number of hydrogen-bond donors (Lipinski definition) is 3. The van der Waals surface area contributed by atoms with Crippen molar-refractivity contribution in [2.75, 3.05) is 11.9 Å². The van der Waals surface area contributed by atoms with Crippen LogP contribution in [0.2, 0.25) is 0 Å².